The van der Waals surface area contributed by atoms with Crippen molar-refractivity contribution in [3.05, 3.63) is 33.3 Å². The smallest absolute Gasteiger partial charge is 0.0660 e. The van der Waals surface area contributed by atoms with Crippen molar-refractivity contribution in [3.63, 3.8) is 0 Å². The van der Waals surface area contributed by atoms with E-state index >= 15 is 0 Å². The van der Waals surface area contributed by atoms with Crippen LogP contribution >= 0.6 is 27.5 Å². The second kappa shape index (κ2) is 6.77. The third-order valence-electron chi connectivity index (χ3n) is 2.91. The third kappa shape index (κ3) is 5.41. The molecule has 0 aromatic heterocycles. The Morgan fingerprint density at radius 1 is 1.35 bits per heavy atom. The van der Waals surface area contributed by atoms with E-state index in [0.717, 1.165) is 27.9 Å². The molecular formula is C14H20BrClO. The summed E-state index contributed by atoms with van der Waals surface area (Å²) in [5, 5.41) is 11.0. The number of benzene rings is 1. The summed E-state index contributed by atoms with van der Waals surface area (Å²) < 4.78 is 0.969. The van der Waals surface area contributed by atoms with Gasteiger partial charge >= 0.3 is 0 Å². The summed E-state index contributed by atoms with van der Waals surface area (Å²) in [7, 11) is 0. The van der Waals surface area contributed by atoms with Crippen molar-refractivity contribution in [1.29, 1.82) is 0 Å². The van der Waals surface area contributed by atoms with Crippen molar-refractivity contribution >= 4 is 27.5 Å². The minimum atomic E-state index is -0.660. The first-order chi connectivity index (χ1) is 7.94. The lowest BCUT2D eigenvalue weighted by atomic mass is 9.91. The lowest BCUT2D eigenvalue weighted by Gasteiger charge is -2.24. The zero-order valence-electron chi connectivity index (χ0n) is 10.5. The maximum Gasteiger partial charge on any atom is 0.0660 e. The van der Waals surface area contributed by atoms with Gasteiger partial charge < -0.3 is 5.11 Å². The van der Waals surface area contributed by atoms with Gasteiger partial charge in [-0.25, -0.2) is 0 Å². The van der Waals surface area contributed by atoms with Gasteiger partial charge in [-0.05, 0) is 31.0 Å². The van der Waals surface area contributed by atoms with Gasteiger partial charge in [0.05, 0.1) is 5.60 Å². The van der Waals surface area contributed by atoms with Crippen molar-refractivity contribution < 1.29 is 5.11 Å². The highest BCUT2D eigenvalue weighted by atomic mass is 79.9. The summed E-state index contributed by atoms with van der Waals surface area (Å²) in [6.07, 6.45) is 4.85. The van der Waals surface area contributed by atoms with E-state index in [1.165, 1.54) is 12.8 Å². The van der Waals surface area contributed by atoms with E-state index < -0.39 is 5.60 Å². The molecule has 17 heavy (non-hydrogen) atoms. The highest BCUT2D eigenvalue weighted by Crippen LogP contribution is 2.27. The Morgan fingerprint density at radius 2 is 2.06 bits per heavy atom. The van der Waals surface area contributed by atoms with Gasteiger partial charge in [-0.15, -0.1) is 0 Å². The first kappa shape index (κ1) is 15.0. The van der Waals surface area contributed by atoms with Gasteiger partial charge in [-0.1, -0.05) is 59.8 Å². The van der Waals surface area contributed by atoms with Crippen molar-refractivity contribution in [2.45, 2.75) is 51.6 Å². The number of unbranched alkanes of at least 4 members (excludes halogenated alkanes) is 2. The summed E-state index contributed by atoms with van der Waals surface area (Å²) in [6.45, 7) is 4.06. The molecule has 1 aromatic rings. The third-order valence-corrected chi connectivity index (χ3v) is 3.75. The molecule has 0 heterocycles. The molecule has 1 atom stereocenters. The van der Waals surface area contributed by atoms with Gasteiger partial charge in [0.2, 0.25) is 0 Å². The summed E-state index contributed by atoms with van der Waals surface area (Å²) in [4.78, 5) is 0. The van der Waals surface area contributed by atoms with Crippen LogP contribution in [0.2, 0.25) is 5.02 Å². The van der Waals surface area contributed by atoms with Gasteiger partial charge in [0, 0.05) is 15.9 Å². The van der Waals surface area contributed by atoms with E-state index in [1.807, 2.05) is 25.1 Å². The van der Waals surface area contributed by atoms with Crippen LogP contribution in [-0.4, -0.2) is 10.7 Å². The van der Waals surface area contributed by atoms with Gasteiger partial charge in [-0.3, -0.25) is 0 Å². The van der Waals surface area contributed by atoms with Crippen LogP contribution < -0.4 is 0 Å². The molecule has 0 radical (unpaired) electrons. The molecule has 0 saturated heterocycles. The molecule has 0 spiro atoms. The summed E-state index contributed by atoms with van der Waals surface area (Å²) in [5.74, 6) is 0. The van der Waals surface area contributed by atoms with Crippen LogP contribution in [0, 0.1) is 0 Å². The van der Waals surface area contributed by atoms with Gasteiger partial charge in [0.1, 0.15) is 0 Å². The zero-order valence-corrected chi connectivity index (χ0v) is 12.8. The largest absolute Gasteiger partial charge is 0.390 e. The first-order valence-corrected chi connectivity index (χ1v) is 7.28. The van der Waals surface area contributed by atoms with Crippen molar-refractivity contribution in [2.24, 2.45) is 0 Å². The van der Waals surface area contributed by atoms with Crippen LogP contribution in [-0.2, 0) is 6.42 Å². The minimum Gasteiger partial charge on any atom is -0.390 e. The molecule has 1 nitrogen and oxygen atoms in total. The molecule has 1 N–H and O–H groups in total. The Labute approximate surface area is 117 Å². The van der Waals surface area contributed by atoms with Crippen LogP contribution in [0.15, 0.2) is 22.7 Å². The minimum absolute atomic E-state index is 0.614. The maximum atomic E-state index is 10.3. The van der Waals surface area contributed by atoms with Gasteiger partial charge in [-0.2, -0.15) is 0 Å². The van der Waals surface area contributed by atoms with Gasteiger partial charge in [0.15, 0.2) is 0 Å². The lowest BCUT2D eigenvalue weighted by molar-refractivity contribution is 0.0486. The average Bonchev–Trinajstić information content (AvgIpc) is 2.22. The Kier molecular flexibility index (Phi) is 5.98. The van der Waals surface area contributed by atoms with Crippen molar-refractivity contribution in [2.75, 3.05) is 0 Å². The highest BCUT2D eigenvalue weighted by Gasteiger charge is 2.21. The molecule has 0 bridgehead atoms. The van der Waals surface area contributed by atoms with Gasteiger partial charge in [0.25, 0.3) is 0 Å². The predicted molar refractivity (Wildman–Crippen MR) is 77.6 cm³/mol. The maximum absolute atomic E-state index is 10.3. The van der Waals surface area contributed by atoms with Crippen LogP contribution in [0.4, 0.5) is 0 Å². The Bertz CT molecular complexity index is 363. The van der Waals surface area contributed by atoms with Crippen molar-refractivity contribution in [1.82, 2.24) is 0 Å². The fourth-order valence-corrected chi connectivity index (χ4v) is 2.66. The molecule has 0 aliphatic heterocycles. The fourth-order valence-electron chi connectivity index (χ4n) is 1.92. The van der Waals surface area contributed by atoms with Crippen LogP contribution in [0.5, 0.6) is 0 Å². The van der Waals surface area contributed by atoms with Crippen molar-refractivity contribution in [3.8, 4) is 0 Å². The average molecular weight is 320 g/mol. The highest BCUT2D eigenvalue weighted by molar-refractivity contribution is 9.10. The fraction of sp³-hybridized carbons (Fsp3) is 0.571. The lowest BCUT2D eigenvalue weighted by Crippen LogP contribution is -2.27. The van der Waals surface area contributed by atoms with Crippen LogP contribution in [0.3, 0.4) is 0 Å². The first-order valence-electron chi connectivity index (χ1n) is 6.11. The monoisotopic (exact) mass is 318 g/mol. The molecule has 1 unspecified atom stereocenters. The second-order valence-electron chi connectivity index (χ2n) is 4.87. The predicted octanol–water partition coefficient (Wildman–Crippen LogP) is 4.98. The van der Waals surface area contributed by atoms with E-state index in [4.69, 9.17) is 11.6 Å². The Balaban J connectivity index is 2.62. The quantitative estimate of drug-likeness (QED) is 0.733. The summed E-state index contributed by atoms with van der Waals surface area (Å²) in [5.41, 5.74) is 0.350. The van der Waals surface area contributed by atoms with E-state index in [2.05, 4.69) is 22.9 Å². The SMILES string of the molecule is CCCCCC(C)(O)Cc1ccc(Br)cc1Cl. The topological polar surface area (TPSA) is 20.2 Å². The zero-order chi connectivity index (χ0) is 12.9. The molecule has 0 saturated carbocycles. The summed E-state index contributed by atoms with van der Waals surface area (Å²) >= 11 is 9.54. The molecule has 0 aliphatic rings. The van der Waals surface area contributed by atoms with E-state index in [-0.39, 0.29) is 0 Å². The molecule has 0 fully saturated rings. The van der Waals surface area contributed by atoms with Crippen LogP contribution in [0.1, 0.15) is 45.1 Å². The molecule has 0 aliphatic carbocycles. The Morgan fingerprint density at radius 3 is 2.65 bits per heavy atom. The molecule has 96 valence electrons. The summed E-state index contributed by atoms with van der Waals surface area (Å²) in [6, 6.07) is 5.81. The number of rotatable bonds is 6. The number of aliphatic hydroxyl groups is 1. The molecule has 1 aromatic carbocycles. The number of halogens is 2. The Hall–Kier alpha value is -0.0500. The van der Waals surface area contributed by atoms with E-state index in [0.29, 0.717) is 6.42 Å². The molecule has 1 rings (SSSR count). The molecule has 0 amide bonds. The normalized spacial score (nSPS) is 14.6. The standard InChI is InChI=1S/C14H20BrClO/c1-3-4-5-8-14(2,17)10-11-6-7-12(15)9-13(11)16/h6-7,9,17H,3-5,8,10H2,1-2H3. The van der Waals surface area contributed by atoms with E-state index in [9.17, 15) is 5.11 Å². The molecular weight excluding hydrogens is 300 g/mol. The number of hydrogen-bond acceptors (Lipinski definition) is 1. The number of hydrogen-bond donors (Lipinski definition) is 1. The second-order valence-corrected chi connectivity index (χ2v) is 6.19. The molecule has 3 heteroatoms. The van der Waals surface area contributed by atoms with E-state index in [1.54, 1.807) is 0 Å². The van der Waals surface area contributed by atoms with Crippen LogP contribution in [0.25, 0.3) is 0 Å².